The quantitative estimate of drug-likeness (QED) is 0.127. The first-order chi connectivity index (χ1) is 18.4. The first-order valence-electron chi connectivity index (χ1n) is 11.4. The summed E-state index contributed by atoms with van der Waals surface area (Å²) >= 11 is 1.99. The number of carboxylic acid groups (broad SMARTS) is 1. The molecule has 0 spiro atoms. The van der Waals surface area contributed by atoms with E-state index >= 15 is 0 Å². The molecule has 0 radical (unpaired) electrons. The molecule has 0 saturated heterocycles. The number of nitrogens with zero attached hydrogens (tertiary/aromatic N) is 2. The van der Waals surface area contributed by atoms with Crippen LogP contribution in [0.2, 0.25) is 0 Å². The Morgan fingerprint density at radius 1 is 1.21 bits per heavy atom. The van der Waals surface area contributed by atoms with Crippen LogP contribution < -0.4 is 20.2 Å². The summed E-state index contributed by atoms with van der Waals surface area (Å²) in [4.78, 5) is 43.0. The summed E-state index contributed by atoms with van der Waals surface area (Å²) in [5.74, 6) is -1.05. The van der Waals surface area contributed by atoms with Gasteiger partial charge in [-0.05, 0) is 52.8 Å². The Morgan fingerprint density at radius 2 is 2.00 bits per heavy atom. The number of alkyl carbamates (subject to hydrolysis) is 1. The van der Waals surface area contributed by atoms with Gasteiger partial charge in [-0.15, -0.1) is 0 Å². The van der Waals surface area contributed by atoms with Crippen molar-refractivity contribution < 1.29 is 33.7 Å². The number of nitrogens with one attached hydrogen (secondary N) is 3. The first kappa shape index (κ1) is 28.4. The maximum Gasteiger partial charge on any atom is 0.408 e. The van der Waals surface area contributed by atoms with Crippen LogP contribution in [-0.2, 0) is 27.4 Å². The maximum absolute atomic E-state index is 12.9. The van der Waals surface area contributed by atoms with Crippen molar-refractivity contribution in [2.75, 3.05) is 13.2 Å². The number of hydrazone groups is 1. The van der Waals surface area contributed by atoms with Crippen LogP contribution in [0.3, 0.4) is 0 Å². The molecule has 2 amide bonds. The molecule has 200 valence electrons. The molecule has 1 heterocycles. The molecule has 0 unspecified atom stereocenters. The minimum absolute atomic E-state index is 0.0518. The molecule has 1 aromatic heterocycles. The second-order valence-corrected chi connectivity index (χ2v) is 8.88. The number of aromatic amines is 1. The number of carbonyl (C=O) groups is 3. The van der Waals surface area contributed by atoms with Gasteiger partial charge in [0.15, 0.2) is 18.1 Å². The van der Waals surface area contributed by atoms with E-state index in [0.29, 0.717) is 32.9 Å². The lowest BCUT2D eigenvalue weighted by Crippen LogP contribution is -2.47. The zero-order chi connectivity index (χ0) is 27.3. The molecule has 38 heavy (non-hydrogen) atoms. The molecule has 0 aliphatic carbocycles. The normalized spacial score (nSPS) is 11.5. The second kappa shape index (κ2) is 14.6. The largest absolute Gasteiger partial charge is 0.490 e. The minimum atomic E-state index is -1.11. The van der Waals surface area contributed by atoms with Gasteiger partial charge in [-0.25, -0.2) is 20.0 Å². The van der Waals surface area contributed by atoms with E-state index < -0.39 is 30.6 Å². The van der Waals surface area contributed by atoms with Gasteiger partial charge >= 0.3 is 12.1 Å². The van der Waals surface area contributed by atoms with Crippen molar-refractivity contribution in [3.05, 3.63) is 75.4 Å². The number of amides is 2. The highest BCUT2D eigenvalue weighted by Gasteiger charge is 2.22. The van der Waals surface area contributed by atoms with Crippen LogP contribution in [0.25, 0.3) is 0 Å². The van der Waals surface area contributed by atoms with Crippen LogP contribution in [0.5, 0.6) is 11.5 Å². The maximum atomic E-state index is 12.9. The van der Waals surface area contributed by atoms with E-state index in [2.05, 4.69) is 25.8 Å². The smallest absolute Gasteiger partial charge is 0.408 e. The van der Waals surface area contributed by atoms with Crippen LogP contribution in [-0.4, -0.2) is 58.5 Å². The Kier molecular flexibility index (Phi) is 10.9. The zero-order valence-corrected chi connectivity index (χ0v) is 22.5. The summed E-state index contributed by atoms with van der Waals surface area (Å²) in [5, 5.41) is 15.5. The van der Waals surface area contributed by atoms with Crippen molar-refractivity contribution in [3.63, 3.8) is 0 Å². The van der Waals surface area contributed by atoms with Crippen LogP contribution in [0, 0.1) is 3.57 Å². The van der Waals surface area contributed by atoms with Gasteiger partial charge in [0.1, 0.15) is 12.6 Å². The van der Waals surface area contributed by atoms with Crippen molar-refractivity contribution in [1.29, 1.82) is 0 Å². The molecule has 12 nitrogen and oxygen atoms in total. The van der Waals surface area contributed by atoms with Gasteiger partial charge < -0.3 is 29.6 Å². The lowest BCUT2D eigenvalue weighted by Gasteiger charge is -2.16. The molecule has 0 bridgehead atoms. The lowest BCUT2D eigenvalue weighted by molar-refractivity contribution is -0.139. The summed E-state index contributed by atoms with van der Waals surface area (Å²) in [6.45, 7) is 1.65. The number of hydrogen-bond donors (Lipinski definition) is 4. The molecule has 3 rings (SSSR count). The monoisotopic (exact) mass is 635 g/mol. The highest BCUT2D eigenvalue weighted by atomic mass is 127. The molecular weight excluding hydrogens is 609 g/mol. The lowest BCUT2D eigenvalue weighted by atomic mass is 10.1. The Hall–Kier alpha value is -4.14. The van der Waals surface area contributed by atoms with Crippen molar-refractivity contribution in [1.82, 2.24) is 20.7 Å². The molecular formula is C25H26IN5O7. The average Bonchev–Trinajstić information content (AvgIpc) is 3.40. The predicted molar refractivity (Wildman–Crippen MR) is 145 cm³/mol. The molecule has 3 aromatic rings. The predicted octanol–water partition coefficient (Wildman–Crippen LogP) is 2.86. The molecule has 0 fully saturated rings. The van der Waals surface area contributed by atoms with E-state index in [4.69, 9.17) is 19.3 Å². The van der Waals surface area contributed by atoms with Gasteiger partial charge in [-0.3, -0.25) is 4.79 Å². The van der Waals surface area contributed by atoms with E-state index in [-0.39, 0.29) is 13.0 Å². The third-order valence-corrected chi connectivity index (χ3v) is 5.66. The van der Waals surface area contributed by atoms with Crippen LogP contribution in [0.15, 0.2) is 60.1 Å². The van der Waals surface area contributed by atoms with Gasteiger partial charge in [0, 0.05) is 18.3 Å². The van der Waals surface area contributed by atoms with Gasteiger partial charge in [0.05, 0.1) is 22.7 Å². The Morgan fingerprint density at radius 3 is 2.68 bits per heavy atom. The number of halogens is 1. The number of aromatic nitrogens is 2. The topological polar surface area (TPSA) is 164 Å². The standard InChI is InChI=1S/C25H26IN5O7/c1-2-36-21-9-17(8-19(26)23(21)37-14-22(32)33)11-29-31-24(34)20(10-18-12-27-15-28-18)30-25(35)38-13-16-6-4-3-5-7-16/h3-9,11-12,15,20H,2,10,13-14H2,1H3,(H,27,28)(H,30,35)(H,31,34)(H,32,33)/b29-11-/t20-/m0/s1. The Balaban J connectivity index is 1.66. The van der Waals surface area contributed by atoms with E-state index in [1.165, 1.54) is 12.5 Å². The Labute approximate surface area is 231 Å². The van der Waals surface area contributed by atoms with Gasteiger partial charge in [0.2, 0.25) is 0 Å². The molecule has 13 heteroatoms. The second-order valence-electron chi connectivity index (χ2n) is 7.72. The summed E-state index contributed by atoms with van der Waals surface area (Å²) in [5.41, 5.74) is 4.43. The van der Waals surface area contributed by atoms with Crippen molar-refractivity contribution in [2.24, 2.45) is 5.10 Å². The van der Waals surface area contributed by atoms with Crippen molar-refractivity contribution in [2.45, 2.75) is 26.0 Å². The average molecular weight is 635 g/mol. The number of carboxylic acids is 1. The van der Waals surface area contributed by atoms with E-state index in [1.54, 1.807) is 25.3 Å². The highest BCUT2D eigenvalue weighted by molar-refractivity contribution is 14.1. The van der Waals surface area contributed by atoms with Gasteiger partial charge in [-0.1, -0.05) is 30.3 Å². The van der Waals surface area contributed by atoms with Crippen molar-refractivity contribution >= 4 is 46.8 Å². The summed E-state index contributed by atoms with van der Waals surface area (Å²) in [6, 6.07) is 11.5. The SMILES string of the molecule is CCOc1cc(/C=N\NC(=O)[C@H](Cc2cnc[nH]2)NC(=O)OCc2ccccc2)cc(I)c1OCC(=O)O. The molecule has 0 saturated carbocycles. The van der Waals surface area contributed by atoms with E-state index in [9.17, 15) is 14.4 Å². The summed E-state index contributed by atoms with van der Waals surface area (Å²) < 4.78 is 16.7. The number of carbonyl (C=O) groups excluding carboxylic acids is 2. The zero-order valence-electron chi connectivity index (χ0n) is 20.3. The number of ether oxygens (including phenoxy) is 3. The third-order valence-electron chi connectivity index (χ3n) is 4.86. The number of rotatable bonds is 13. The fourth-order valence-electron chi connectivity index (χ4n) is 3.18. The van der Waals surface area contributed by atoms with E-state index in [0.717, 1.165) is 5.56 Å². The van der Waals surface area contributed by atoms with Crippen LogP contribution >= 0.6 is 22.6 Å². The summed E-state index contributed by atoms with van der Waals surface area (Å²) in [7, 11) is 0. The fraction of sp³-hybridized carbons (Fsp3) is 0.240. The van der Waals surface area contributed by atoms with E-state index in [1.807, 2.05) is 52.9 Å². The number of benzene rings is 2. The Bertz CT molecular complexity index is 1250. The molecule has 1 atom stereocenters. The molecule has 2 aromatic carbocycles. The number of aliphatic carboxylic acids is 1. The molecule has 0 aliphatic heterocycles. The number of H-pyrrole nitrogens is 1. The summed E-state index contributed by atoms with van der Waals surface area (Å²) in [6.07, 6.45) is 3.78. The van der Waals surface area contributed by atoms with Crippen molar-refractivity contribution in [3.8, 4) is 11.5 Å². The number of hydrogen-bond acceptors (Lipinski definition) is 8. The molecule has 0 aliphatic rings. The molecule has 4 N–H and O–H groups in total. The fourth-order valence-corrected chi connectivity index (χ4v) is 3.96. The van der Waals surface area contributed by atoms with Gasteiger partial charge in [-0.2, -0.15) is 5.10 Å². The van der Waals surface area contributed by atoms with Crippen LogP contribution in [0.4, 0.5) is 4.79 Å². The minimum Gasteiger partial charge on any atom is -0.490 e. The highest BCUT2D eigenvalue weighted by Crippen LogP contribution is 2.33. The first-order valence-corrected chi connectivity index (χ1v) is 12.5. The third kappa shape index (κ3) is 9.06. The van der Waals surface area contributed by atoms with Crippen LogP contribution in [0.1, 0.15) is 23.7 Å². The number of imidazole rings is 1. The van der Waals surface area contributed by atoms with Gasteiger partial charge in [0.25, 0.3) is 5.91 Å².